The molecule has 0 aromatic heterocycles. The number of nitrogens with zero attached hydrogens (tertiary/aromatic N) is 1. The van der Waals surface area contributed by atoms with Gasteiger partial charge in [0.25, 0.3) is 0 Å². The Balaban J connectivity index is 2.03. The summed E-state index contributed by atoms with van der Waals surface area (Å²) in [6.07, 6.45) is 2.28. The second-order valence-electron chi connectivity index (χ2n) is 4.73. The molecular formula is C11H18N2O4. The number of morpholine rings is 1. The Kier molecular flexibility index (Phi) is 3.63. The average Bonchev–Trinajstić information content (AvgIpc) is 2.75. The monoisotopic (exact) mass is 242 g/mol. The fourth-order valence-corrected chi connectivity index (χ4v) is 2.55. The van der Waals surface area contributed by atoms with Gasteiger partial charge in [0.2, 0.25) is 5.91 Å². The summed E-state index contributed by atoms with van der Waals surface area (Å²) >= 11 is 0. The molecule has 1 heterocycles. The average molecular weight is 242 g/mol. The molecule has 96 valence electrons. The van der Waals surface area contributed by atoms with Gasteiger partial charge in [0.15, 0.2) is 6.04 Å². The molecule has 17 heavy (non-hydrogen) atoms. The van der Waals surface area contributed by atoms with Crippen LogP contribution >= 0.6 is 0 Å². The second-order valence-corrected chi connectivity index (χ2v) is 4.73. The number of carboxylic acids is 1. The highest BCUT2D eigenvalue weighted by atomic mass is 16.5. The van der Waals surface area contributed by atoms with Crippen LogP contribution in [-0.2, 0) is 14.3 Å². The van der Waals surface area contributed by atoms with E-state index in [0.29, 0.717) is 19.6 Å². The van der Waals surface area contributed by atoms with E-state index < -0.39 is 12.0 Å². The lowest BCUT2D eigenvalue weighted by atomic mass is 10.0. The van der Waals surface area contributed by atoms with Gasteiger partial charge in [-0.15, -0.1) is 0 Å². The SMILES string of the molecule is NC1CCC(C(=O)N2CCOCC2C(=O)O)C1. The Bertz CT molecular complexity index is 321. The van der Waals surface area contributed by atoms with Crippen molar-refractivity contribution in [3.8, 4) is 0 Å². The van der Waals surface area contributed by atoms with Crippen LogP contribution in [0.2, 0.25) is 0 Å². The molecule has 0 radical (unpaired) electrons. The normalized spacial score (nSPS) is 33.7. The highest BCUT2D eigenvalue weighted by Crippen LogP contribution is 2.27. The summed E-state index contributed by atoms with van der Waals surface area (Å²) in [4.78, 5) is 24.7. The molecule has 0 aromatic rings. The number of hydrogen-bond donors (Lipinski definition) is 2. The molecule has 2 fully saturated rings. The minimum absolute atomic E-state index is 0.0753. The summed E-state index contributed by atoms with van der Waals surface area (Å²) in [5.74, 6) is -1.18. The van der Waals surface area contributed by atoms with Crippen molar-refractivity contribution in [2.45, 2.75) is 31.3 Å². The molecule has 1 saturated heterocycles. The van der Waals surface area contributed by atoms with E-state index in [-0.39, 0.29) is 24.5 Å². The van der Waals surface area contributed by atoms with Crippen LogP contribution in [0.4, 0.5) is 0 Å². The fraction of sp³-hybridized carbons (Fsp3) is 0.818. The summed E-state index contributed by atoms with van der Waals surface area (Å²) in [5.41, 5.74) is 5.78. The standard InChI is InChI=1S/C11H18N2O4/c12-8-2-1-7(5-8)10(14)13-3-4-17-6-9(13)11(15)16/h7-9H,1-6,12H2,(H,15,16). The van der Waals surface area contributed by atoms with Crippen LogP contribution in [-0.4, -0.2) is 53.7 Å². The topological polar surface area (TPSA) is 92.9 Å². The Morgan fingerprint density at radius 3 is 2.71 bits per heavy atom. The zero-order valence-corrected chi connectivity index (χ0v) is 9.67. The summed E-state index contributed by atoms with van der Waals surface area (Å²) in [6.45, 7) is 0.857. The first-order valence-corrected chi connectivity index (χ1v) is 5.96. The van der Waals surface area contributed by atoms with Gasteiger partial charge in [-0.05, 0) is 19.3 Å². The maximum absolute atomic E-state index is 12.2. The van der Waals surface area contributed by atoms with Crippen LogP contribution in [0.15, 0.2) is 0 Å². The molecule has 3 N–H and O–H groups in total. The van der Waals surface area contributed by atoms with Crippen LogP contribution in [0.5, 0.6) is 0 Å². The van der Waals surface area contributed by atoms with E-state index in [1.165, 1.54) is 4.90 Å². The van der Waals surface area contributed by atoms with Crippen LogP contribution in [0.25, 0.3) is 0 Å². The van der Waals surface area contributed by atoms with Crippen LogP contribution < -0.4 is 5.73 Å². The van der Waals surface area contributed by atoms with Crippen molar-refractivity contribution >= 4 is 11.9 Å². The third-order valence-electron chi connectivity index (χ3n) is 3.52. The lowest BCUT2D eigenvalue weighted by Crippen LogP contribution is -2.54. The summed E-state index contributed by atoms with van der Waals surface area (Å²) in [6, 6.07) is -0.763. The first kappa shape index (κ1) is 12.3. The van der Waals surface area contributed by atoms with Crippen molar-refractivity contribution in [3.63, 3.8) is 0 Å². The lowest BCUT2D eigenvalue weighted by molar-refractivity contribution is -0.160. The van der Waals surface area contributed by atoms with E-state index >= 15 is 0 Å². The van der Waals surface area contributed by atoms with Gasteiger partial charge in [0.1, 0.15) is 0 Å². The van der Waals surface area contributed by atoms with Crippen LogP contribution in [0.3, 0.4) is 0 Å². The number of carbonyl (C=O) groups excluding carboxylic acids is 1. The Hall–Kier alpha value is -1.14. The van der Waals surface area contributed by atoms with Crippen LogP contribution in [0.1, 0.15) is 19.3 Å². The minimum atomic E-state index is -1.000. The number of hydrogen-bond acceptors (Lipinski definition) is 4. The van der Waals surface area contributed by atoms with Gasteiger partial charge >= 0.3 is 5.97 Å². The zero-order chi connectivity index (χ0) is 12.4. The molecule has 1 aliphatic heterocycles. The number of amides is 1. The number of carboxylic acid groups (broad SMARTS) is 1. The van der Waals surface area contributed by atoms with E-state index in [1.54, 1.807) is 0 Å². The van der Waals surface area contributed by atoms with Gasteiger partial charge in [-0.2, -0.15) is 0 Å². The molecule has 2 aliphatic rings. The fourth-order valence-electron chi connectivity index (χ4n) is 2.55. The molecule has 1 amide bonds. The molecule has 3 atom stereocenters. The van der Waals surface area contributed by atoms with Crippen molar-refractivity contribution in [3.05, 3.63) is 0 Å². The molecule has 0 spiro atoms. The first-order chi connectivity index (χ1) is 8.09. The maximum atomic E-state index is 12.2. The molecule has 3 unspecified atom stereocenters. The van der Waals surface area contributed by atoms with Gasteiger partial charge in [-0.25, -0.2) is 4.79 Å². The minimum Gasteiger partial charge on any atom is -0.480 e. The highest BCUT2D eigenvalue weighted by Gasteiger charge is 2.38. The Labute approximate surface area is 99.7 Å². The number of aliphatic carboxylic acids is 1. The smallest absolute Gasteiger partial charge is 0.328 e. The van der Waals surface area contributed by atoms with E-state index in [4.69, 9.17) is 15.6 Å². The molecule has 1 aliphatic carbocycles. The second kappa shape index (κ2) is 5.01. The van der Waals surface area contributed by atoms with Gasteiger partial charge in [-0.3, -0.25) is 4.79 Å². The number of rotatable bonds is 2. The predicted molar refractivity (Wildman–Crippen MR) is 59.3 cm³/mol. The van der Waals surface area contributed by atoms with E-state index in [9.17, 15) is 9.59 Å². The molecule has 2 rings (SSSR count). The quantitative estimate of drug-likeness (QED) is 0.676. The third-order valence-corrected chi connectivity index (χ3v) is 3.52. The van der Waals surface area contributed by atoms with Crippen molar-refractivity contribution in [1.29, 1.82) is 0 Å². The first-order valence-electron chi connectivity index (χ1n) is 5.96. The molecule has 1 saturated carbocycles. The van der Waals surface area contributed by atoms with Crippen LogP contribution in [0, 0.1) is 5.92 Å². The largest absolute Gasteiger partial charge is 0.480 e. The number of carbonyl (C=O) groups is 2. The van der Waals surface area contributed by atoms with Gasteiger partial charge in [0.05, 0.1) is 13.2 Å². The van der Waals surface area contributed by atoms with E-state index in [2.05, 4.69) is 0 Å². The summed E-state index contributed by atoms with van der Waals surface area (Å²) in [7, 11) is 0. The lowest BCUT2D eigenvalue weighted by Gasteiger charge is -2.34. The molecule has 0 aromatic carbocycles. The van der Waals surface area contributed by atoms with Crippen molar-refractivity contribution in [2.24, 2.45) is 11.7 Å². The number of ether oxygens (including phenoxy) is 1. The summed E-state index contributed by atoms with van der Waals surface area (Å²) in [5, 5.41) is 9.05. The van der Waals surface area contributed by atoms with Gasteiger partial charge < -0.3 is 20.5 Å². The van der Waals surface area contributed by atoms with Crippen molar-refractivity contribution in [2.75, 3.05) is 19.8 Å². The maximum Gasteiger partial charge on any atom is 0.328 e. The molecule has 6 heteroatoms. The van der Waals surface area contributed by atoms with Crippen molar-refractivity contribution < 1.29 is 19.4 Å². The van der Waals surface area contributed by atoms with E-state index in [1.807, 2.05) is 0 Å². The molecule has 6 nitrogen and oxygen atoms in total. The predicted octanol–water partition coefficient (Wildman–Crippen LogP) is -0.574. The Morgan fingerprint density at radius 1 is 1.35 bits per heavy atom. The summed E-state index contributed by atoms with van der Waals surface area (Å²) < 4.78 is 5.11. The highest BCUT2D eigenvalue weighted by molar-refractivity contribution is 5.85. The van der Waals surface area contributed by atoms with E-state index in [0.717, 1.165) is 12.8 Å². The third kappa shape index (κ3) is 2.58. The van der Waals surface area contributed by atoms with Gasteiger partial charge in [-0.1, -0.05) is 0 Å². The molecular weight excluding hydrogens is 224 g/mol. The zero-order valence-electron chi connectivity index (χ0n) is 9.67. The molecule has 0 bridgehead atoms. The van der Waals surface area contributed by atoms with Gasteiger partial charge in [0, 0.05) is 18.5 Å². The Morgan fingerprint density at radius 2 is 2.12 bits per heavy atom. The van der Waals surface area contributed by atoms with Crippen molar-refractivity contribution in [1.82, 2.24) is 4.90 Å². The number of nitrogens with two attached hydrogens (primary N) is 1.